The van der Waals surface area contributed by atoms with E-state index in [4.69, 9.17) is 9.97 Å². The van der Waals surface area contributed by atoms with Gasteiger partial charge in [-0.25, -0.2) is 4.98 Å². The Hall–Kier alpha value is -4.96. The molecular formula is C33H20N4. The van der Waals surface area contributed by atoms with Crippen molar-refractivity contribution in [3.05, 3.63) is 121 Å². The summed E-state index contributed by atoms with van der Waals surface area (Å²) in [7, 11) is 0. The molecule has 4 heteroatoms. The zero-order valence-corrected chi connectivity index (χ0v) is 19.9. The molecule has 0 aliphatic heterocycles. The molecule has 0 unspecified atom stereocenters. The Morgan fingerprint density at radius 1 is 0.568 bits per heavy atom. The molecule has 0 saturated heterocycles. The monoisotopic (exact) mass is 472 g/mol. The highest BCUT2D eigenvalue weighted by molar-refractivity contribution is 6.20. The van der Waals surface area contributed by atoms with Crippen LogP contribution in [0.1, 0.15) is 11.1 Å². The van der Waals surface area contributed by atoms with Crippen molar-refractivity contribution in [3.63, 3.8) is 0 Å². The first-order valence-electron chi connectivity index (χ1n) is 12.6. The van der Waals surface area contributed by atoms with Gasteiger partial charge in [0, 0.05) is 45.8 Å². The van der Waals surface area contributed by atoms with Gasteiger partial charge in [-0.15, -0.1) is 0 Å². The molecule has 0 spiro atoms. The molecule has 0 radical (unpaired) electrons. The van der Waals surface area contributed by atoms with Crippen molar-refractivity contribution in [1.29, 1.82) is 0 Å². The van der Waals surface area contributed by atoms with Crippen molar-refractivity contribution in [1.82, 2.24) is 18.9 Å². The number of hydrogen-bond donors (Lipinski definition) is 0. The Morgan fingerprint density at radius 2 is 1.41 bits per heavy atom. The first kappa shape index (κ1) is 19.3. The van der Waals surface area contributed by atoms with Crippen LogP contribution in [0.15, 0.2) is 110 Å². The molecule has 4 aromatic carbocycles. The summed E-state index contributed by atoms with van der Waals surface area (Å²) >= 11 is 0. The summed E-state index contributed by atoms with van der Waals surface area (Å²) < 4.78 is 4.57. The van der Waals surface area contributed by atoms with Gasteiger partial charge < -0.3 is 4.57 Å². The topological polar surface area (TPSA) is 35.1 Å². The van der Waals surface area contributed by atoms with Gasteiger partial charge in [-0.3, -0.25) is 9.38 Å². The second kappa shape index (κ2) is 6.83. The van der Waals surface area contributed by atoms with E-state index >= 15 is 0 Å². The van der Waals surface area contributed by atoms with Crippen LogP contribution in [-0.2, 0) is 6.42 Å². The van der Waals surface area contributed by atoms with Crippen LogP contribution in [0, 0.1) is 0 Å². The average molecular weight is 473 g/mol. The van der Waals surface area contributed by atoms with E-state index in [0.717, 1.165) is 39.6 Å². The molecule has 4 nitrogen and oxygen atoms in total. The van der Waals surface area contributed by atoms with E-state index in [2.05, 4.69) is 93.9 Å². The summed E-state index contributed by atoms with van der Waals surface area (Å²) in [6, 6.07) is 33.1. The zero-order valence-electron chi connectivity index (χ0n) is 19.9. The van der Waals surface area contributed by atoms with Crippen molar-refractivity contribution in [3.8, 4) is 16.8 Å². The molecule has 0 fully saturated rings. The van der Waals surface area contributed by atoms with Crippen molar-refractivity contribution in [2.24, 2.45) is 0 Å². The van der Waals surface area contributed by atoms with Crippen molar-refractivity contribution in [2.75, 3.05) is 0 Å². The Morgan fingerprint density at radius 3 is 2.35 bits per heavy atom. The van der Waals surface area contributed by atoms with Crippen LogP contribution in [0.2, 0.25) is 0 Å². The summed E-state index contributed by atoms with van der Waals surface area (Å²) in [5, 5.41) is 4.77. The Bertz CT molecular complexity index is 2220. The van der Waals surface area contributed by atoms with E-state index in [0.29, 0.717) is 0 Å². The van der Waals surface area contributed by atoms with Crippen LogP contribution in [0.25, 0.3) is 66.1 Å². The van der Waals surface area contributed by atoms with Crippen LogP contribution in [0.4, 0.5) is 0 Å². The molecule has 0 N–H and O–H groups in total. The number of rotatable bonds is 1. The molecule has 1 aliphatic rings. The normalized spacial score (nSPS) is 12.8. The van der Waals surface area contributed by atoms with Gasteiger partial charge in [-0.2, -0.15) is 0 Å². The first-order valence-corrected chi connectivity index (χ1v) is 12.6. The van der Waals surface area contributed by atoms with E-state index in [1.54, 1.807) is 0 Å². The van der Waals surface area contributed by atoms with E-state index < -0.39 is 0 Å². The molecule has 1 aliphatic carbocycles. The molecule has 0 atom stereocenters. The molecule has 0 saturated carbocycles. The lowest BCUT2D eigenvalue weighted by atomic mass is 10.0. The third-order valence-corrected chi connectivity index (χ3v) is 8.01. The van der Waals surface area contributed by atoms with Gasteiger partial charge in [0.2, 0.25) is 0 Å². The molecule has 37 heavy (non-hydrogen) atoms. The highest BCUT2D eigenvalue weighted by Crippen LogP contribution is 2.43. The van der Waals surface area contributed by atoms with Crippen molar-refractivity contribution in [2.45, 2.75) is 6.42 Å². The van der Waals surface area contributed by atoms with Crippen LogP contribution in [0.5, 0.6) is 0 Å². The molecule has 9 rings (SSSR count). The number of imidazole rings is 1. The van der Waals surface area contributed by atoms with Gasteiger partial charge >= 0.3 is 0 Å². The number of aromatic nitrogens is 4. The first-order chi connectivity index (χ1) is 18.3. The average Bonchev–Trinajstić information content (AvgIpc) is 3.66. The van der Waals surface area contributed by atoms with Gasteiger partial charge in [0.1, 0.15) is 5.65 Å². The molecule has 0 amide bonds. The van der Waals surface area contributed by atoms with E-state index in [1.807, 2.05) is 24.7 Å². The quantitative estimate of drug-likeness (QED) is 0.229. The molecule has 0 bridgehead atoms. The predicted octanol–water partition coefficient (Wildman–Crippen LogP) is 7.70. The van der Waals surface area contributed by atoms with Gasteiger partial charge in [-0.1, -0.05) is 42.5 Å². The third-order valence-electron chi connectivity index (χ3n) is 8.01. The minimum Gasteiger partial charge on any atom is -0.309 e. The number of nitrogens with zero attached hydrogens (tertiary/aromatic N) is 4. The summed E-state index contributed by atoms with van der Waals surface area (Å²) in [4.78, 5) is 9.58. The minimum atomic E-state index is 0.964. The summed E-state index contributed by atoms with van der Waals surface area (Å²) in [6.07, 6.45) is 6.76. The van der Waals surface area contributed by atoms with E-state index in [9.17, 15) is 0 Å². The molecule has 172 valence electrons. The number of benzene rings is 4. The number of para-hydroxylation sites is 1. The maximum Gasteiger partial charge on any atom is 0.145 e. The standard InChI is InChI=1S/C33H20N4/c1-2-8-22(9-3-1)37-30-18-24-21(15-20-7-4-5-10-23(20)24)16-25(30)26-17-28-27(19-31(26)37)32-29(11-6-12-34-32)36-14-13-35-33(28)36/h1-14,16-19H,15H2. The maximum atomic E-state index is 4.82. The maximum absolute atomic E-state index is 4.82. The van der Waals surface area contributed by atoms with Crippen LogP contribution in [-0.4, -0.2) is 18.9 Å². The van der Waals surface area contributed by atoms with Crippen LogP contribution >= 0.6 is 0 Å². The van der Waals surface area contributed by atoms with Gasteiger partial charge in [-0.05, 0) is 77.2 Å². The lowest BCUT2D eigenvalue weighted by molar-refractivity contribution is 1.18. The summed E-state index contributed by atoms with van der Waals surface area (Å²) in [6.45, 7) is 0. The fourth-order valence-corrected chi connectivity index (χ4v) is 6.42. The molecular weight excluding hydrogens is 452 g/mol. The second-order valence-electron chi connectivity index (χ2n) is 9.94. The Balaban J connectivity index is 1.50. The number of fused-ring (bicyclic) bond motifs is 12. The van der Waals surface area contributed by atoms with E-state index in [-0.39, 0.29) is 0 Å². The van der Waals surface area contributed by atoms with Gasteiger partial charge in [0.25, 0.3) is 0 Å². The fraction of sp³-hybridized carbons (Fsp3) is 0.0303. The van der Waals surface area contributed by atoms with Crippen molar-refractivity contribution >= 4 is 49.3 Å². The van der Waals surface area contributed by atoms with Crippen LogP contribution < -0.4 is 0 Å². The lowest BCUT2D eigenvalue weighted by Gasteiger charge is -2.11. The smallest absolute Gasteiger partial charge is 0.145 e. The molecule has 8 aromatic rings. The highest BCUT2D eigenvalue weighted by Gasteiger charge is 2.23. The largest absolute Gasteiger partial charge is 0.309 e. The third kappa shape index (κ3) is 2.47. The van der Waals surface area contributed by atoms with Crippen molar-refractivity contribution < 1.29 is 0 Å². The number of pyridine rings is 2. The Labute approximate surface area is 212 Å². The van der Waals surface area contributed by atoms with Gasteiger partial charge in [0.05, 0.1) is 22.1 Å². The summed E-state index contributed by atoms with van der Waals surface area (Å²) in [5.74, 6) is 0. The highest BCUT2D eigenvalue weighted by atomic mass is 15.0. The minimum absolute atomic E-state index is 0.964. The Kier molecular flexibility index (Phi) is 3.55. The second-order valence-corrected chi connectivity index (χ2v) is 9.94. The van der Waals surface area contributed by atoms with Crippen LogP contribution in [0.3, 0.4) is 0 Å². The van der Waals surface area contributed by atoms with E-state index in [1.165, 1.54) is 44.1 Å². The lowest BCUT2D eigenvalue weighted by Crippen LogP contribution is -1.95. The zero-order chi connectivity index (χ0) is 24.1. The fourth-order valence-electron chi connectivity index (χ4n) is 6.42. The summed E-state index contributed by atoms with van der Waals surface area (Å²) in [5.41, 5.74) is 12.1. The van der Waals surface area contributed by atoms with Gasteiger partial charge in [0.15, 0.2) is 0 Å². The SMILES string of the molecule is c1ccc(-n2c3cc4c(cc3c3cc5c(cc32)c2ncccc2n2ccnc52)Cc2ccccc2-4)cc1. The number of hydrogen-bond acceptors (Lipinski definition) is 2. The molecule has 4 heterocycles. The molecule has 4 aromatic heterocycles. The predicted molar refractivity (Wildman–Crippen MR) is 151 cm³/mol.